The second-order valence-corrected chi connectivity index (χ2v) is 18.3. The first-order valence-electron chi connectivity index (χ1n) is 18.1. The van der Waals surface area contributed by atoms with Crippen LogP contribution in [-0.2, 0) is 0 Å². The first-order valence-corrected chi connectivity index (χ1v) is 21.3. The molecule has 68 heavy (non-hydrogen) atoms. The molecule has 8 aromatic rings. The summed E-state index contributed by atoms with van der Waals surface area (Å²) < 4.78 is 301. The Kier molecular flexibility index (Phi) is 11.6. The first kappa shape index (κ1) is 46.9. The molecule has 0 amide bonds. The maximum atomic E-state index is 15.9. The van der Waals surface area contributed by atoms with Crippen LogP contribution in [0.15, 0.2) is 48.5 Å². The Balaban J connectivity index is 1.56. The predicted octanol–water partition coefficient (Wildman–Crippen LogP) is 12.0. The molecule has 0 aliphatic carbocycles. The van der Waals surface area contributed by atoms with E-state index in [1.165, 1.54) is 0 Å². The van der Waals surface area contributed by atoms with E-state index < -0.39 is 199 Å². The highest BCUT2D eigenvalue weighted by Crippen LogP contribution is 2.42. The smallest absolute Gasteiger partial charge is 0.200 e. The summed E-state index contributed by atoms with van der Waals surface area (Å²) in [5.74, 6) is -51.1. The molecule has 24 heteroatoms. The molecule has 0 saturated carbocycles. The van der Waals surface area contributed by atoms with E-state index in [-0.39, 0.29) is 45.3 Å². The van der Waals surface area contributed by atoms with Gasteiger partial charge in [-0.3, -0.25) is 0 Å². The van der Waals surface area contributed by atoms with E-state index in [0.29, 0.717) is 0 Å². The van der Waals surface area contributed by atoms with Crippen LogP contribution in [0.4, 0.5) is 87.8 Å². The van der Waals surface area contributed by atoms with Gasteiger partial charge in [-0.2, -0.15) is 0 Å². The summed E-state index contributed by atoms with van der Waals surface area (Å²) in [6.07, 6.45) is 0. The second-order valence-electron chi connectivity index (χ2n) is 13.9. The van der Waals surface area contributed by atoms with Gasteiger partial charge in [0, 0.05) is 59.9 Å². The van der Waals surface area contributed by atoms with E-state index >= 15 is 35.1 Å². The molecule has 0 radical (unpaired) electrons. The van der Waals surface area contributed by atoms with Crippen molar-refractivity contribution in [3.05, 3.63) is 225 Å². The van der Waals surface area contributed by atoms with Crippen LogP contribution in [0.5, 0.6) is 0 Å². The minimum atomic E-state index is -2.66. The SMILES string of the molecule is Fc1c(F)c(F)c(/C2=c3\cc/c(s3)=C(\c3c(F)c(F)c(F)c(F)c3F)c3ccc(s3)/C(c3c(F)c(F)c(F)c(F)c3F)=c3/cc/c(s3)=C(\c3c(F)c(F)c(F)c(F)c3F)c3ccc2s3)c(F)c1F. The highest BCUT2D eigenvalue weighted by molar-refractivity contribution is 7.16. The molecule has 0 spiro atoms. The summed E-state index contributed by atoms with van der Waals surface area (Å²) in [6, 6.07) is 6.31. The van der Waals surface area contributed by atoms with Gasteiger partial charge in [0.2, 0.25) is 23.3 Å². The van der Waals surface area contributed by atoms with Gasteiger partial charge in [0.05, 0.1) is 22.3 Å². The van der Waals surface area contributed by atoms with Crippen LogP contribution in [0.3, 0.4) is 0 Å². The van der Waals surface area contributed by atoms with Gasteiger partial charge in [-0.25, -0.2) is 87.8 Å². The molecule has 9 rings (SSSR count). The second kappa shape index (κ2) is 16.8. The lowest BCUT2D eigenvalue weighted by molar-refractivity contribution is 0.376. The fourth-order valence-corrected chi connectivity index (χ4v) is 12.0. The van der Waals surface area contributed by atoms with Crippen molar-refractivity contribution in [2.75, 3.05) is 0 Å². The largest absolute Gasteiger partial charge is 0.203 e. The highest BCUT2D eigenvalue weighted by atomic mass is 32.1. The third-order valence-corrected chi connectivity index (χ3v) is 14.7. The summed E-state index contributed by atoms with van der Waals surface area (Å²) in [6.45, 7) is 0. The third kappa shape index (κ3) is 6.83. The molecule has 0 fully saturated rings. The Morgan fingerprint density at radius 2 is 0.324 bits per heavy atom. The lowest BCUT2D eigenvalue weighted by atomic mass is 10.0. The topological polar surface area (TPSA) is 0 Å². The Morgan fingerprint density at radius 3 is 0.485 bits per heavy atom. The van der Waals surface area contributed by atoms with E-state index in [1.807, 2.05) is 0 Å². The maximum Gasteiger partial charge on any atom is 0.200 e. The average molecular weight is 1040 g/mol. The van der Waals surface area contributed by atoms with E-state index in [4.69, 9.17) is 0 Å². The van der Waals surface area contributed by atoms with Crippen molar-refractivity contribution >= 4 is 67.6 Å². The zero-order chi connectivity index (χ0) is 49.3. The number of hydrogen-bond donors (Lipinski definition) is 0. The van der Waals surface area contributed by atoms with Crippen LogP contribution < -0.4 is 18.1 Å². The molecule has 8 bridgehead atoms. The van der Waals surface area contributed by atoms with Gasteiger partial charge < -0.3 is 0 Å². The molecule has 4 aromatic heterocycles. The number of benzene rings is 4. The molecule has 0 unspecified atom stereocenters. The van der Waals surface area contributed by atoms with E-state index in [9.17, 15) is 52.7 Å². The standard InChI is InChI=1S/C44H8F20S4/c45-25-21(26(46)34(54)41(61)33(25)53)17-9-1-2-10(65-9)18(22-27(47)35(55)42(62)36(56)28(22)48)12-5-6-14(67-12)20(24-31(51)39(59)44(64)40(60)32(24)52)16-8-7-15(68-16)19(13-4-3-11(17)66-13)23-29(49)37(57)43(63)38(58)30(23)50/h1-8H/b17-9+,17-11?,18-10+,18-12?,19-13?,19-15+,20-14?,20-16+. The lowest BCUT2D eigenvalue weighted by Crippen LogP contribution is -2.14. The van der Waals surface area contributed by atoms with Crippen LogP contribution in [0.25, 0.3) is 22.3 Å². The summed E-state index contributed by atoms with van der Waals surface area (Å²) in [4.78, 5) is -2.64. The van der Waals surface area contributed by atoms with E-state index in [2.05, 4.69) is 0 Å². The number of hydrogen-bond acceptors (Lipinski definition) is 4. The minimum Gasteiger partial charge on any atom is -0.203 e. The Labute approximate surface area is 378 Å². The van der Waals surface area contributed by atoms with Gasteiger partial charge >= 0.3 is 0 Å². The number of rotatable bonds is 4. The summed E-state index contributed by atoms with van der Waals surface area (Å²) >= 11 is 0.441. The molecule has 348 valence electrons. The molecular weight excluding hydrogens is 1040 g/mol. The van der Waals surface area contributed by atoms with Crippen molar-refractivity contribution < 1.29 is 87.8 Å². The fraction of sp³-hybridized carbons (Fsp3) is 0. The molecule has 1 aliphatic rings. The average Bonchev–Trinajstić information content (AvgIpc) is 4.18. The van der Waals surface area contributed by atoms with Gasteiger partial charge in [-0.15, -0.1) is 45.3 Å². The number of fused-ring (bicyclic) bond motifs is 8. The normalized spacial score (nSPS) is 16.1. The van der Waals surface area contributed by atoms with Crippen LogP contribution in [0.1, 0.15) is 41.8 Å². The van der Waals surface area contributed by atoms with Crippen molar-refractivity contribution in [2.24, 2.45) is 0 Å². The molecule has 1 aliphatic heterocycles. The highest BCUT2D eigenvalue weighted by Gasteiger charge is 2.35. The lowest BCUT2D eigenvalue weighted by Gasteiger charge is -2.13. The predicted molar refractivity (Wildman–Crippen MR) is 207 cm³/mol. The zero-order valence-electron chi connectivity index (χ0n) is 31.8. The molecule has 5 heterocycles. The van der Waals surface area contributed by atoms with Crippen molar-refractivity contribution in [3.63, 3.8) is 0 Å². The quantitative estimate of drug-likeness (QED) is 0.0936. The molecular formula is C44H8F20S4. The fourth-order valence-electron chi connectivity index (χ4n) is 7.20. The summed E-state index contributed by atoms with van der Waals surface area (Å²) in [7, 11) is 0. The minimum absolute atomic E-state index is 0.110. The van der Waals surface area contributed by atoms with Crippen molar-refractivity contribution in [1.29, 1.82) is 0 Å². The monoisotopic (exact) mass is 1040 g/mol. The van der Waals surface area contributed by atoms with Gasteiger partial charge in [0.1, 0.15) is 0 Å². The van der Waals surface area contributed by atoms with E-state index in [1.54, 1.807) is 0 Å². The van der Waals surface area contributed by atoms with Gasteiger partial charge in [-0.1, -0.05) is 0 Å². The van der Waals surface area contributed by atoms with Crippen molar-refractivity contribution in [3.8, 4) is 0 Å². The Morgan fingerprint density at radius 1 is 0.176 bits per heavy atom. The maximum absolute atomic E-state index is 15.9. The van der Waals surface area contributed by atoms with Crippen molar-refractivity contribution in [1.82, 2.24) is 0 Å². The molecule has 0 N–H and O–H groups in total. The molecule has 4 aromatic carbocycles. The van der Waals surface area contributed by atoms with Gasteiger partial charge in [0.15, 0.2) is 93.1 Å². The van der Waals surface area contributed by atoms with Crippen LogP contribution in [0.2, 0.25) is 0 Å². The number of halogens is 20. The zero-order valence-corrected chi connectivity index (χ0v) is 35.1. The Bertz CT molecular complexity index is 3220. The van der Waals surface area contributed by atoms with Crippen LogP contribution in [-0.4, -0.2) is 0 Å². The van der Waals surface area contributed by atoms with Gasteiger partial charge in [-0.05, 0) is 48.5 Å². The van der Waals surface area contributed by atoms with Crippen molar-refractivity contribution in [2.45, 2.75) is 0 Å². The summed E-state index contributed by atoms with van der Waals surface area (Å²) in [5.41, 5.74) is -11.0. The first-order chi connectivity index (χ1) is 32.1. The molecule has 0 nitrogen and oxygen atoms in total. The molecule has 0 atom stereocenters. The van der Waals surface area contributed by atoms with Gasteiger partial charge in [0.25, 0.3) is 0 Å². The van der Waals surface area contributed by atoms with E-state index in [0.717, 1.165) is 48.5 Å². The third-order valence-electron chi connectivity index (χ3n) is 10.2. The Hall–Kier alpha value is -6.24. The number of thiophene rings is 4. The molecule has 0 saturated heterocycles. The summed E-state index contributed by atoms with van der Waals surface area (Å²) in [5, 5.41) is 0. The van der Waals surface area contributed by atoms with Crippen LogP contribution in [0, 0.1) is 116 Å². The van der Waals surface area contributed by atoms with Crippen LogP contribution >= 0.6 is 45.3 Å².